The first-order valence-corrected chi connectivity index (χ1v) is 17.8. The lowest BCUT2D eigenvalue weighted by atomic mass is 10.0. The zero-order chi connectivity index (χ0) is 29.2. The van der Waals surface area contributed by atoms with Crippen LogP contribution in [-0.4, -0.2) is 37.0 Å². The molecule has 0 radical (unpaired) electrons. The molecule has 1 N–H and O–H groups in total. The summed E-state index contributed by atoms with van der Waals surface area (Å²) in [5, 5.41) is 9.34. The van der Waals surface area contributed by atoms with E-state index in [1.807, 2.05) is 6.92 Å². The van der Waals surface area contributed by atoms with E-state index < -0.39 is 6.10 Å². The van der Waals surface area contributed by atoms with Gasteiger partial charge in [0.1, 0.15) is 6.10 Å². The van der Waals surface area contributed by atoms with Crippen LogP contribution in [0.2, 0.25) is 0 Å². The highest BCUT2D eigenvalue weighted by Crippen LogP contribution is 2.14. The third-order valence-electron chi connectivity index (χ3n) is 7.84. The standard InChI is InChI=1S/C36H70O4/c1-3-5-7-8-9-10-11-12-13-14-15-16-17-18-19-20-21-22-23-24-25-26-27-28-29-30-32-39-34-35(33-37)40-36(38)31-6-4-2/h14-15,35,37H,3-13,16-34H2,1-2H3/b15-14-. The third kappa shape index (κ3) is 31.7. The van der Waals surface area contributed by atoms with Gasteiger partial charge in [0, 0.05) is 13.0 Å². The Kier molecular flexibility index (Phi) is 33.6. The van der Waals surface area contributed by atoms with Crippen molar-refractivity contribution in [2.45, 2.75) is 193 Å². The molecule has 4 heteroatoms. The number of carbonyl (C=O) groups is 1. The quantitative estimate of drug-likeness (QED) is 0.0487. The van der Waals surface area contributed by atoms with E-state index in [0.29, 0.717) is 19.6 Å². The third-order valence-corrected chi connectivity index (χ3v) is 7.84. The number of esters is 1. The molecule has 0 aromatic rings. The Bertz CT molecular complexity index is 519. The van der Waals surface area contributed by atoms with E-state index >= 15 is 0 Å². The van der Waals surface area contributed by atoms with E-state index in [4.69, 9.17) is 9.47 Å². The SMILES string of the molecule is CCCCCCCCCC/C=C\CCCCCCCCCCCCCCCCOCC(CO)OC(=O)CCCC. The largest absolute Gasteiger partial charge is 0.457 e. The van der Waals surface area contributed by atoms with E-state index in [1.54, 1.807) is 0 Å². The van der Waals surface area contributed by atoms with E-state index in [1.165, 1.54) is 148 Å². The molecule has 0 aliphatic rings. The van der Waals surface area contributed by atoms with Gasteiger partial charge in [0.25, 0.3) is 0 Å². The number of allylic oxidation sites excluding steroid dienone is 2. The van der Waals surface area contributed by atoms with Crippen molar-refractivity contribution in [3.05, 3.63) is 12.2 Å². The molecule has 0 aromatic carbocycles. The van der Waals surface area contributed by atoms with Gasteiger partial charge in [-0.25, -0.2) is 0 Å². The summed E-state index contributed by atoms with van der Waals surface area (Å²) in [4.78, 5) is 11.6. The van der Waals surface area contributed by atoms with Gasteiger partial charge in [0.2, 0.25) is 0 Å². The van der Waals surface area contributed by atoms with Gasteiger partial charge in [-0.1, -0.05) is 154 Å². The maximum Gasteiger partial charge on any atom is 0.306 e. The van der Waals surface area contributed by atoms with Crippen molar-refractivity contribution >= 4 is 5.97 Å². The highest BCUT2D eigenvalue weighted by Gasteiger charge is 2.13. The minimum Gasteiger partial charge on any atom is -0.457 e. The summed E-state index contributed by atoms with van der Waals surface area (Å²) >= 11 is 0. The monoisotopic (exact) mass is 567 g/mol. The molecule has 0 saturated carbocycles. The molecule has 0 aromatic heterocycles. The van der Waals surface area contributed by atoms with Crippen LogP contribution in [0.5, 0.6) is 0 Å². The van der Waals surface area contributed by atoms with Crippen LogP contribution in [0, 0.1) is 0 Å². The molecule has 0 fully saturated rings. The van der Waals surface area contributed by atoms with E-state index in [9.17, 15) is 9.90 Å². The first-order valence-electron chi connectivity index (χ1n) is 17.8. The lowest BCUT2D eigenvalue weighted by molar-refractivity contribution is -0.154. The Balaban J connectivity index is 3.23. The van der Waals surface area contributed by atoms with Gasteiger partial charge in [0.05, 0.1) is 13.2 Å². The zero-order valence-electron chi connectivity index (χ0n) is 27.1. The summed E-state index contributed by atoms with van der Waals surface area (Å²) in [5.41, 5.74) is 0. The molecule has 1 atom stereocenters. The Morgan fingerprint density at radius 2 is 0.975 bits per heavy atom. The van der Waals surface area contributed by atoms with Gasteiger partial charge in [-0.05, 0) is 38.5 Å². The van der Waals surface area contributed by atoms with Gasteiger partial charge in [0.15, 0.2) is 0 Å². The Labute approximate surface area is 250 Å². The van der Waals surface area contributed by atoms with Gasteiger partial charge < -0.3 is 14.6 Å². The van der Waals surface area contributed by atoms with Crippen LogP contribution < -0.4 is 0 Å². The number of carbonyl (C=O) groups excluding carboxylic acids is 1. The highest BCUT2D eigenvalue weighted by molar-refractivity contribution is 5.69. The fraction of sp³-hybridized carbons (Fsp3) is 0.917. The van der Waals surface area contributed by atoms with E-state index in [2.05, 4.69) is 19.1 Å². The maximum atomic E-state index is 11.6. The number of unbranched alkanes of at least 4 members (excludes halogenated alkanes) is 23. The molecular formula is C36H70O4. The van der Waals surface area contributed by atoms with E-state index in [-0.39, 0.29) is 12.6 Å². The molecule has 0 heterocycles. The van der Waals surface area contributed by atoms with Crippen molar-refractivity contribution in [1.82, 2.24) is 0 Å². The molecule has 1 unspecified atom stereocenters. The fourth-order valence-corrected chi connectivity index (χ4v) is 5.12. The number of aliphatic hydroxyl groups is 1. The molecule has 0 aliphatic heterocycles. The molecule has 0 aliphatic carbocycles. The molecule has 4 nitrogen and oxygen atoms in total. The van der Waals surface area contributed by atoms with Crippen molar-refractivity contribution < 1.29 is 19.4 Å². The second-order valence-corrected chi connectivity index (χ2v) is 11.9. The number of hydrogen-bond donors (Lipinski definition) is 1. The molecule has 0 rings (SSSR count). The van der Waals surface area contributed by atoms with E-state index in [0.717, 1.165) is 19.3 Å². The van der Waals surface area contributed by atoms with Gasteiger partial charge in [-0.2, -0.15) is 0 Å². The average molecular weight is 567 g/mol. The Morgan fingerprint density at radius 1 is 0.575 bits per heavy atom. The van der Waals surface area contributed by atoms with Crippen LogP contribution in [0.25, 0.3) is 0 Å². The van der Waals surface area contributed by atoms with Crippen LogP contribution in [0.1, 0.15) is 187 Å². The molecule has 0 spiro atoms. The molecule has 0 bridgehead atoms. The maximum absolute atomic E-state index is 11.6. The predicted octanol–water partition coefficient (Wildman–Crippen LogP) is 11.0. The lowest BCUT2D eigenvalue weighted by Gasteiger charge is -2.15. The smallest absolute Gasteiger partial charge is 0.306 e. The van der Waals surface area contributed by atoms with Crippen molar-refractivity contribution in [3.8, 4) is 0 Å². The number of rotatable bonds is 33. The molecule has 0 amide bonds. The van der Waals surface area contributed by atoms with Crippen LogP contribution in [0.15, 0.2) is 12.2 Å². The molecule has 0 saturated heterocycles. The second kappa shape index (κ2) is 34.3. The normalized spacial score (nSPS) is 12.4. The number of ether oxygens (including phenoxy) is 2. The van der Waals surface area contributed by atoms with Gasteiger partial charge in [-0.3, -0.25) is 4.79 Å². The van der Waals surface area contributed by atoms with Crippen LogP contribution in [0.3, 0.4) is 0 Å². The summed E-state index contributed by atoms with van der Waals surface area (Å²) in [7, 11) is 0. The highest BCUT2D eigenvalue weighted by atomic mass is 16.6. The lowest BCUT2D eigenvalue weighted by Crippen LogP contribution is -2.27. The molecule has 238 valence electrons. The van der Waals surface area contributed by atoms with Gasteiger partial charge >= 0.3 is 5.97 Å². The fourth-order valence-electron chi connectivity index (χ4n) is 5.12. The number of hydrogen-bond acceptors (Lipinski definition) is 4. The Hall–Kier alpha value is -0.870. The van der Waals surface area contributed by atoms with Crippen LogP contribution in [0.4, 0.5) is 0 Å². The average Bonchev–Trinajstić information content (AvgIpc) is 2.96. The summed E-state index contributed by atoms with van der Waals surface area (Å²) in [6, 6.07) is 0. The minimum atomic E-state index is -0.522. The summed E-state index contributed by atoms with van der Waals surface area (Å²) in [5.74, 6) is -0.234. The molecule has 40 heavy (non-hydrogen) atoms. The summed E-state index contributed by atoms with van der Waals surface area (Å²) < 4.78 is 10.9. The molecular weight excluding hydrogens is 496 g/mol. The minimum absolute atomic E-state index is 0.171. The van der Waals surface area contributed by atoms with Crippen molar-refractivity contribution in [2.75, 3.05) is 19.8 Å². The van der Waals surface area contributed by atoms with Crippen molar-refractivity contribution in [3.63, 3.8) is 0 Å². The van der Waals surface area contributed by atoms with Gasteiger partial charge in [-0.15, -0.1) is 0 Å². The first kappa shape index (κ1) is 39.1. The van der Waals surface area contributed by atoms with Crippen molar-refractivity contribution in [2.24, 2.45) is 0 Å². The predicted molar refractivity (Wildman–Crippen MR) is 173 cm³/mol. The van der Waals surface area contributed by atoms with Crippen molar-refractivity contribution in [1.29, 1.82) is 0 Å². The summed E-state index contributed by atoms with van der Waals surface area (Å²) in [6.07, 6.45) is 39.3. The van der Waals surface area contributed by atoms with Crippen LogP contribution >= 0.6 is 0 Å². The number of aliphatic hydroxyl groups excluding tert-OH is 1. The Morgan fingerprint density at radius 3 is 1.40 bits per heavy atom. The zero-order valence-corrected chi connectivity index (χ0v) is 27.1. The second-order valence-electron chi connectivity index (χ2n) is 11.9. The summed E-state index contributed by atoms with van der Waals surface area (Å²) in [6.45, 7) is 5.14. The first-order chi connectivity index (χ1) is 19.7. The topological polar surface area (TPSA) is 55.8 Å². The van der Waals surface area contributed by atoms with Crippen LogP contribution in [-0.2, 0) is 14.3 Å².